The molecule has 0 heterocycles. The van der Waals surface area contributed by atoms with Gasteiger partial charge in [-0.1, -0.05) is 66.2 Å². The number of ether oxygens (including phenoxy) is 2. The minimum atomic E-state index is -0.995. The van der Waals surface area contributed by atoms with Crippen molar-refractivity contribution in [1.82, 2.24) is 16.0 Å². The number of alkyl carbamates (subject to hydrolysis) is 1. The molecule has 246 valence electrons. The van der Waals surface area contributed by atoms with Crippen molar-refractivity contribution in [2.24, 2.45) is 23.7 Å². The van der Waals surface area contributed by atoms with Crippen molar-refractivity contribution in [2.45, 2.75) is 119 Å². The molecule has 1 rings (SSSR count). The van der Waals surface area contributed by atoms with Gasteiger partial charge in [-0.15, -0.1) is 0 Å². The first-order valence-corrected chi connectivity index (χ1v) is 16.1. The molecular formula is C34H59N3O6. The molecule has 43 heavy (non-hydrogen) atoms. The Hall–Kier alpha value is -2.65. The van der Waals surface area contributed by atoms with Gasteiger partial charge < -0.3 is 30.5 Å². The Kier molecular flexibility index (Phi) is 17.5. The molecule has 0 bridgehead atoms. The molecule has 9 nitrogen and oxygen atoms in total. The minimum Gasteiger partial charge on any atom is -0.444 e. The predicted octanol–water partition coefficient (Wildman–Crippen LogP) is 5.84. The molecular weight excluding hydrogens is 546 g/mol. The predicted molar refractivity (Wildman–Crippen MR) is 172 cm³/mol. The molecule has 4 atom stereocenters. The number of hydrogen-bond donors (Lipinski definition) is 4. The zero-order valence-corrected chi connectivity index (χ0v) is 28.1. The summed E-state index contributed by atoms with van der Waals surface area (Å²) in [6.07, 6.45) is 1.72. The lowest BCUT2D eigenvalue weighted by molar-refractivity contribution is -0.127. The van der Waals surface area contributed by atoms with Crippen LogP contribution in [0.1, 0.15) is 110 Å². The second-order valence-electron chi connectivity index (χ2n) is 13.2. The van der Waals surface area contributed by atoms with Crippen molar-refractivity contribution in [1.29, 1.82) is 0 Å². The second kappa shape index (κ2) is 19.6. The third-order valence-corrected chi connectivity index (χ3v) is 7.53. The van der Waals surface area contributed by atoms with E-state index in [-0.39, 0.29) is 36.0 Å². The lowest BCUT2D eigenvalue weighted by Gasteiger charge is -2.33. The van der Waals surface area contributed by atoms with Gasteiger partial charge in [-0.3, -0.25) is 9.59 Å². The summed E-state index contributed by atoms with van der Waals surface area (Å²) in [6, 6.07) is 6.72. The number of carbonyl (C=O) groups excluding carboxylic acids is 3. The largest absolute Gasteiger partial charge is 0.444 e. The van der Waals surface area contributed by atoms with Crippen LogP contribution in [0, 0.1) is 23.7 Å². The molecule has 0 aliphatic carbocycles. The third kappa shape index (κ3) is 15.1. The van der Waals surface area contributed by atoms with Crippen molar-refractivity contribution in [3.63, 3.8) is 0 Å². The molecule has 0 fully saturated rings. The van der Waals surface area contributed by atoms with Crippen LogP contribution in [-0.2, 0) is 20.9 Å². The Balaban J connectivity index is 3.11. The number of nitrogens with one attached hydrogen (secondary N) is 3. The van der Waals surface area contributed by atoms with Crippen LogP contribution in [0.3, 0.4) is 0 Å². The Morgan fingerprint density at radius 2 is 1.60 bits per heavy atom. The molecule has 0 saturated heterocycles. The van der Waals surface area contributed by atoms with Crippen LogP contribution in [0.25, 0.3) is 0 Å². The van der Waals surface area contributed by atoms with E-state index >= 15 is 0 Å². The van der Waals surface area contributed by atoms with E-state index in [4.69, 9.17) is 9.47 Å². The highest BCUT2D eigenvalue weighted by molar-refractivity contribution is 5.95. The number of benzene rings is 1. The summed E-state index contributed by atoms with van der Waals surface area (Å²) < 4.78 is 11.2. The van der Waals surface area contributed by atoms with Gasteiger partial charge in [0.2, 0.25) is 5.91 Å². The summed E-state index contributed by atoms with van der Waals surface area (Å²) in [5.41, 5.74) is 0.684. The Morgan fingerprint density at radius 1 is 0.930 bits per heavy atom. The molecule has 0 spiro atoms. The van der Waals surface area contributed by atoms with Crippen molar-refractivity contribution >= 4 is 17.9 Å². The standard InChI is InChI=1S/C34H59N3O6/c1-10-12-17-35-32(40)28(24(5)6)20-30(38)29(37-33(41)43-34(7,8)9)19-26(23(3)4)21-36-31(39)27-16-14-13-15-25(27)22-42-18-11-2/h13-16,23-24,26,28-30,38H,10-12,17-22H2,1-9H3,(H,35,40)(H,36,39)(H,37,41). The van der Waals surface area contributed by atoms with Crippen LogP contribution in [0.2, 0.25) is 0 Å². The molecule has 4 unspecified atom stereocenters. The summed E-state index contributed by atoms with van der Waals surface area (Å²) in [6.45, 7) is 19.4. The highest BCUT2D eigenvalue weighted by atomic mass is 16.6. The van der Waals surface area contributed by atoms with Crippen LogP contribution in [0.5, 0.6) is 0 Å². The van der Waals surface area contributed by atoms with Crippen LogP contribution in [0.4, 0.5) is 4.79 Å². The van der Waals surface area contributed by atoms with Gasteiger partial charge in [-0.05, 0) is 75.8 Å². The second-order valence-corrected chi connectivity index (χ2v) is 13.2. The van der Waals surface area contributed by atoms with E-state index < -0.39 is 29.8 Å². The molecule has 3 amide bonds. The van der Waals surface area contributed by atoms with Crippen LogP contribution < -0.4 is 16.0 Å². The third-order valence-electron chi connectivity index (χ3n) is 7.53. The average Bonchev–Trinajstić information content (AvgIpc) is 2.92. The van der Waals surface area contributed by atoms with Gasteiger partial charge in [-0.25, -0.2) is 4.79 Å². The number of aliphatic hydroxyl groups is 1. The van der Waals surface area contributed by atoms with Gasteiger partial charge in [-0.2, -0.15) is 0 Å². The van der Waals surface area contributed by atoms with E-state index in [1.54, 1.807) is 26.8 Å². The zero-order chi connectivity index (χ0) is 32.6. The Labute approximate surface area is 260 Å². The average molecular weight is 606 g/mol. The first-order valence-electron chi connectivity index (χ1n) is 16.1. The first-order chi connectivity index (χ1) is 20.2. The van der Waals surface area contributed by atoms with E-state index in [1.165, 1.54) is 0 Å². The molecule has 0 aliphatic heterocycles. The van der Waals surface area contributed by atoms with Crippen molar-refractivity contribution in [3.8, 4) is 0 Å². The topological polar surface area (TPSA) is 126 Å². The van der Waals surface area contributed by atoms with Gasteiger partial charge >= 0.3 is 6.09 Å². The highest BCUT2D eigenvalue weighted by Gasteiger charge is 2.33. The van der Waals surface area contributed by atoms with Crippen molar-refractivity contribution in [2.75, 3.05) is 19.7 Å². The van der Waals surface area contributed by atoms with E-state index in [2.05, 4.69) is 36.7 Å². The van der Waals surface area contributed by atoms with Crippen molar-refractivity contribution in [3.05, 3.63) is 35.4 Å². The fraction of sp³-hybridized carbons (Fsp3) is 0.735. The first kappa shape index (κ1) is 38.4. The number of hydrogen-bond acceptors (Lipinski definition) is 6. The fourth-order valence-electron chi connectivity index (χ4n) is 4.83. The molecule has 0 saturated carbocycles. The number of unbranched alkanes of at least 4 members (excludes halogenated alkanes) is 1. The molecule has 0 aliphatic rings. The maximum atomic E-state index is 13.2. The zero-order valence-electron chi connectivity index (χ0n) is 28.1. The Bertz CT molecular complexity index is 975. The summed E-state index contributed by atoms with van der Waals surface area (Å²) in [5, 5.41) is 20.4. The van der Waals surface area contributed by atoms with E-state index in [1.807, 2.05) is 39.0 Å². The van der Waals surface area contributed by atoms with Gasteiger partial charge in [0.1, 0.15) is 5.60 Å². The summed E-state index contributed by atoms with van der Waals surface area (Å²) in [7, 11) is 0. The van der Waals surface area contributed by atoms with Crippen molar-refractivity contribution < 1.29 is 29.0 Å². The van der Waals surface area contributed by atoms with E-state index in [0.29, 0.717) is 38.3 Å². The van der Waals surface area contributed by atoms with Gasteiger partial charge in [0, 0.05) is 31.2 Å². The lowest BCUT2D eigenvalue weighted by Crippen LogP contribution is -2.49. The maximum absolute atomic E-state index is 13.2. The van der Waals surface area contributed by atoms with Crippen LogP contribution >= 0.6 is 0 Å². The van der Waals surface area contributed by atoms with Crippen LogP contribution in [0.15, 0.2) is 24.3 Å². The minimum absolute atomic E-state index is 0.0000103. The number of amides is 3. The number of rotatable bonds is 19. The molecule has 4 N–H and O–H groups in total. The molecule has 0 aromatic heterocycles. The van der Waals surface area contributed by atoms with Gasteiger partial charge in [0.05, 0.1) is 18.8 Å². The van der Waals surface area contributed by atoms with Gasteiger partial charge in [0.25, 0.3) is 5.91 Å². The SMILES string of the molecule is CCCCNC(=O)C(CC(O)C(CC(CNC(=O)c1ccccc1COCCC)C(C)C)NC(=O)OC(C)(C)C)C(C)C. The highest BCUT2D eigenvalue weighted by Crippen LogP contribution is 2.25. The summed E-state index contributed by atoms with van der Waals surface area (Å²) in [5.74, 6) is -0.636. The number of aliphatic hydroxyl groups excluding tert-OH is 1. The molecule has 0 radical (unpaired) electrons. The van der Waals surface area contributed by atoms with Crippen LogP contribution in [-0.4, -0.2) is 60.5 Å². The summed E-state index contributed by atoms with van der Waals surface area (Å²) >= 11 is 0. The Morgan fingerprint density at radius 3 is 2.19 bits per heavy atom. The monoisotopic (exact) mass is 605 g/mol. The molecule has 1 aromatic carbocycles. The maximum Gasteiger partial charge on any atom is 0.407 e. The molecule has 9 heteroatoms. The normalized spacial score (nSPS) is 14.6. The smallest absolute Gasteiger partial charge is 0.407 e. The summed E-state index contributed by atoms with van der Waals surface area (Å²) in [4.78, 5) is 39.1. The number of carbonyl (C=O) groups is 3. The van der Waals surface area contributed by atoms with Gasteiger partial charge in [0.15, 0.2) is 0 Å². The molecule has 1 aromatic rings. The fourth-order valence-corrected chi connectivity index (χ4v) is 4.83. The quantitative estimate of drug-likeness (QED) is 0.147. The van der Waals surface area contributed by atoms with E-state index in [9.17, 15) is 19.5 Å². The lowest BCUT2D eigenvalue weighted by atomic mass is 9.82. The van der Waals surface area contributed by atoms with E-state index in [0.717, 1.165) is 24.8 Å².